The minimum Gasteiger partial charge on any atom is -0.486 e. The van der Waals surface area contributed by atoms with E-state index in [0.717, 1.165) is 43.5 Å². The summed E-state index contributed by atoms with van der Waals surface area (Å²) in [5.41, 5.74) is 5.38. The van der Waals surface area contributed by atoms with Crippen LogP contribution in [0.4, 0.5) is 0 Å². The summed E-state index contributed by atoms with van der Waals surface area (Å²) in [5, 5.41) is 3.65. The first-order chi connectivity index (χ1) is 18.5. The topological polar surface area (TPSA) is 51.8 Å². The maximum Gasteiger partial charge on any atom is 0.216 e. The molecule has 0 aliphatic carbocycles. The van der Waals surface area contributed by atoms with Crippen LogP contribution < -0.4 is 0 Å². The molecule has 177 valence electrons. The van der Waals surface area contributed by atoms with Gasteiger partial charge in [0.2, 0.25) is 5.71 Å². The Balaban J connectivity index is 0.000000200. The smallest absolute Gasteiger partial charge is 0.216 e. The van der Waals surface area contributed by atoms with Crippen molar-refractivity contribution in [1.82, 2.24) is 15.0 Å². The van der Waals surface area contributed by atoms with E-state index in [-0.39, 0.29) is 25.8 Å². The Morgan fingerprint density at radius 1 is 0.833 bits per heavy atom. The van der Waals surface area contributed by atoms with Crippen molar-refractivity contribution in [2.75, 3.05) is 0 Å². The van der Waals surface area contributed by atoms with Crippen LogP contribution in [0.3, 0.4) is 0 Å². The van der Waals surface area contributed by atoms with Crippen molar-refractivity contribution in [3.63, 3.8) is 0 Å². The van der Waals surface area contributed by atoms with Crippen molar-refractivity contribution in [2.24, 2.45) is 0 Å². The number of benzene rings is 2. The number of furan rings is 1. The molecule has 0 aliphatic heterocycles. The molecule has 1 radical (unpaired) electrons. The minimum absolute atomic E-state index is 0. The molecule has 0 N–H and O–H groups in total. The number of nitrogens with zero attached hydrogens (tertiary/aromatic N) is 3. The summed E-state index contributed by atoms with van der Waals surface area (Å²) in [6.45, 7) is -2.27. The van der Waals surface area contributed by atoms with Gasteiger partial charge in [0.15, 0.2) is 0 Å². The summed E-state index contributed by atoms with van der Waals surface area (Å²) in [6, 6.07) is 33.0. The molecule has 0 atom stereocenters. The molecule has 0 aliphatic rings. The van der Waals surface area contributed by atoms with Gasteiger partial charge in [-0.3, -0.25) is 4.98 Å². The first-order valence-electron chi connectivity index (χ1n) is 12.4. The molecule has 0 fully saturated rings. The average molecular weight is 665 g/mol. The van der Waals surface area contributed by atoms with Crippen molar-refractivity contribution in [3.8, 4) is 22.5 Å². The van der Waals surface area contributed by atoms with Gasteiger partial charge in [-0.25, -0.2) is 4.98 Å². The third kappa shape index (κ3) is 4.71. The first-order valence-corrected chi connectivity index (χ1v) is 11.8. The summed E-state index contributed by atoms with van der Waals surface area (Å²) in [4.78, 5) is 13.1. The molecule has 2 aromatic carbocycles. The number of pyridine rings is 3. The van der Waals surface area contributed by atoms with Gasteiger partial charge in [0.05, 0.1) is 15.8 Å². The molecule has 0 saturated carbocycles. The zero-order chi connectivity index (χ0) is 26.1. The van der Waals surface area contributed by atoms with Crippen molar-refractivity contribution < 1.29 is 28.6 Å². The molecule has 7 aromatic rings. The second-order valence-corrected chi connectivity index (χ2v) is 8.69. The van der Waals surface area contributed by atoms with E-state index in [1.165, 1.54) is 6.07 Å². The minimum atomic E-state index is -2.27. The molecule has 0 amide bonds. The van der Waals surface area contributed by atoms with E-state index < -0.39 is 6.85 Å². The number of aromatic nitrogens is 3. The second kappa shape index (κ2) is 10.5. The van der Waals surface area contributed by atoms with Crippen LogP contribution in [-0.4, -0.2) is 15.0 Å². The van der Waals surface area contributed by atoms with Crippen LogP contribution in [-0.2, 0) is 20.1 Å². The van der Waals surface area contributed by atoms with Crippen molar-refractivity contribution >= 4 is 43.6 Å². The Hall–Kier alpha value is -3.70. The summed E-state index contributed by atoms with van der Waals surface area (Å²) < 4.78 is 29.7. The van der Waals surface area contributed by atoms with Crippen LogP contribution in [0.2, 0.25) is 0 Å². The molecule has 0 saturated heterocycles. The molecular weight excluding hydrogens is 643 g/mol. The van der Waals surface area contributed by atoms with Gasteiger partial charge in [0, 0.05) is 41.5 Å². The van der Waals surface area contributed by atoms with E-state index in [1.807, 2.05) is 78.2 Å². The van der Waals surface area contributed by atoms with Crippen LogP contribution in [0.5, 0.6) is 0 Å². The maximum atomic E-state index is 7.53. The van der Waals surface area contributed by atoms with E-state index in [2.05, 4.69) is 22.1 Å². The molecule has 36 heavy (non-hydrogen) atoms. The number of fused-ring (bicyclic) bond motifs is 4. The van der Waals surface area contributed by atoms with Gasteiger partial charge in [-0.15, -0.1) is 65.4 Å². The number of hydrogen-bond acceptors (Lipinski definition) is 5. The summed E-state index contributed by atoms with van der Waals surface area (Å²) in [5.74, 6) is 0. The van der Waals surface area contributed by atoms with Crippen LogP contribution >= 0.6 is 11.3 Å². The monoisotopic (exact) mass is 665 g/mol. The number of thiophene rings is 1. The van der Waals surface area contributed by atoms with Crippen molar-refractivity contribution in [2.45, 2.75) is 6.85 Å². The summed E-state index contributed by atoms with van der Waals surface area (Å²) in [7, 11) is 0. The van der Waals surface area contributed by atoms with Gasteiger partial charge >= 0.3 is 0 Å². The second-order valence-electron chi connectivity index (χ2n) is 7.74. The molecule has 5 heterocycles. The summed E-state index contributed by atoms with van der Waals surface area (Å²) >= 11 is 1.64. The Morgan fingerprint density at radius 2 is 1.78 bits per heavy atom. The third-order valence-electron chi connectivity index (χ3n) is 5.51. The first kappa shape index (κ1) is 20.5. The van der Waals surface area contributed by atoms with Crippen LogP contribution in [0, 0.1) is 19.0 Å². The molecular formula is C30H19IrN3OS-2. The van der Waals surface area contributed by atoms with Gasteiger partial charge in [-0.1, -0.05) is 29.1 Å². The van der Waals surface area contributed by atoms with Gasteiger partial charge in [0.25, 0.3) is 0 Å². The zero-order valence-electron chi connectivity index (χ0n) is 21.7. The van der Waals surface area contributed by atoms with Crippen molar-refractivity contribution in [1.29, 1.82) is 0 Å². The van der Waals surface area contributed by atoms with Gasteiger partial charge < -0.3 is 9.40 Å². The molecule has 6 heteroatoms. The number of aryl methyl sites for hydroxylation is 1. The Morgan fingerprint density at radius 3 is 2.61 bits per heavy atom. The van der Waals surface area contributed by atoms with Gasteiger partial charge in [-0.05, 0) is 54.0 Å². The largest absolute Gasteiger partial charge is 0.486 e. The molecule has 0 bridgehead atoms. The van der Waals surface area contributed by atoms with Crippen LogP contribution in [0.1, 0.15) is 9.81 Å². The van der Waals surface area contributed by atoms with Crippen molar-refractivity contribution in [3.05, 3.63) is 114 Å². The standard InChI is InChI=1S/C19H11N2OS.C11H8N.Ir/c1-11-5-6-13-12-3-2-4-14(18(12)22-19(13)20-11)15-7-8-17-16(21-15)9-10-23-17;1-2-6-10(7-3-1)11-8-4-5-9-12-11;/h2-3,5-10H,1H3;1-6,8-9H;/q2*-1;/i1D3;;. The molecule has 5 aromatic heterocycles. The normalized spacial score (nSPS) is 12.3. The van der Waals surface area contributed by atoms with Gasteiger partial charge in [0.1, 0.15) is 0 Å². The zero-order valence-corrected chi connectivity index (χ0v) is 21.9. The Kier molecular flexibility index (Phi) is 5.98. The van der Waals surface area contributed by atoms with E-state index in [4.69, 9.17) is 13.5 Å². The van der Waals surface area contributed by atoms with Gasteiger partial charge in [-0.2, -0.15) is 0 Å². The third-order valence-corrected chi connectivity index (χ3v) is 6.38. The van der Waals surface area contributed by atoms with E-state index >= 15 is 0 Å². The molecule has 7 rings (SSSR count). The molecule has 0 spiro atoms. The number of rotatable bonds is 2. The predicted molar refractivity (Wildman–Crippen MR) is 142 cm³/mol. The molecule has 4 nitrogen and oxygen atoms in total. The average Bonchev–Trinajstić information content (AvgIpc) is 3.57. The fourth-order valence-corrected chi connectivity index (χ4v) is 4.60. The quantitative estimate of drug-likeness (QED) is 0.176. The fraction of sp³-hybridized carbons (Fsp3) is 0.0333. The predicted octanol–water partition coefficient (Wildman–Crippen LogP) is 7.91. The summed E-state index contributed by atoms with van der Waals surface area (Å²) in [6.07, 6.45) is 1.79. The van der Waals surface area contributed by atoms with E-state index in [1.54, 1.807) is 23.6 Å². The van der Waals surface area contributed by atoms with Crippen LogP contribution in [0.25, 0.3) is 54.8 Å². The van der Waals surface area contributed by atoms with E-state index in [0.29, 0.717) is 11.3 Å². The molecule has 0 unspecified atom stereocenters. The van der Waals surface area contributed by atoms with Crippen LogP contribution in [0.15, 0.2) is 101 Å². The fourth-order valence-electron chi connectivity index (χ4n) is 3.88. The SMILES string of the molecule is [2H]C([2H])([2H])c1ccc2c(n1)oc1c(-c3ccc4sccc4n3)[c-]ccc12.[Ir].[c-]1ccccc1-c1ccccn1. The Labute approximate surface area is 230 Å². The Bertz CT molecular complexity index is 1830. The van der Waals surface area contributed by atoms with E-state index in [9.17, 15) is 0 Å². The maximum absolute atomic E-state index is 7.53. The number of hydrogen-bond donors (Lipinski definition) is 0.